The van der Waals surface area contributed by atoms with Crippen LogP contribution in [0.25, 0.3) is 11.5 Å². The Morgan fingerprint density at radius 2 is 1.84 bits per heavy atom. The monoisotopic (exact) mass is 456 g/mol. The first-order valence-electron chi connectivity index (χ1n) is 10.2. The number of hydrogen-bond donors (Lipinski definition) is 0. The van der Waals surface area contributed by atoms with Crippen molar-refractivity contribution >= 4 is 16.0 Å². The third kappa shape index (κ3) is 3.87. The van der Waals surface area contributed by atoms with Crippen LogP contribution in [-0.2, 0) is 15.4 Å². The van der Waals surface area contributed by atoms with Gasteiger partial charge in [-0.1, -0.05) is 22.4 Å². The molecular formula is C21H24N6O4S. The van der Waals surface area contributed by atoms with Crippen molar-refractivity contribution in [3.8, 4) is 17.5 Å². The van der Waals surface area contributed by atoms with Crippen molar-refractivity contribution in [1.82, 2.24) is 19.7 Å². The molecule has 1 fully saturated rings. The Labute approximate surface area is 186 Å². The fraction of sp³-hybridized carbons (Fsp3) is 0.429. The van der Waals surface area contributed by atoms with Gasteiger partial charge in [0, 0.05) is 31.7 Å². The Morgan fingerprint density at radius 1 is 1.12 bits per heavy atom. The summed E-state index contributed by atoms with van der Waals surface area (Å²) in [4.78, 5) is 1.99. The zero-order chi connectivity index (χ0) is 23.1. The molecule has 0 atom stereocenters. The van der Waals surface area contributed by atoms with Crippen LogP contribution < -0.4 is 4.90 Å². The Bertz CT molecular complexity index is 1260. The smallest absolute Gasteiger partial charge is 0.318 e. The van der Waals surface area contributed by atoms with Crippen molar-refractivity contribution in [3.05, 3.63) is 41.3 Å². The highest BCUT2D eigenvalue weighted by Gasteiger charge is 2.34. The van der Waals surface area contributed by atoms with Gasteiger partial charge in [-0.2, -0.15) is 9.57 Å². The second-order valence-electron chi connectivity index (χ2n) is 8.25. The molecule has 3 heterocycles. The second-order valence-corrected chi connectivity index (χ2v) is 10.1. The number of hydrogen-bond acceptors (Lipinski definition) is 9. The molecule has 0 amide bonds. The summed E-state index contributed by atoms with van der Waals surface area (Å²) in [6.45, 7) is 8.27. The van der Waals surface area contributed by atoms with Crippen molar-refractivity contribution in [2.75, 3.05) is 31.1 Å². The molecule has 1 aliphatic heterocycles. The normalized spacial score (nSPS) is 15.7. The molecule has 10 nitrogen and oxygen atoms in total. The largest absolute Gasteiger partial charge is 0.403 e. The van der Waals surface area contributed by atoms with Crippen LogP contribution in [0.1, 0.15) is 30.9 Å². The average molecular weight is 457 g/mol. The number of rotatable bonds is 5. The lowest BCUT2D eigenvalue weighted by Gasteiger charge is -2.32. The molecule has 0 bridgehead atoms. The molecule has 0 unspecified atom stereocenters. The number of piperazine rings is 1. The molecule has 168 valence electrons. The van der Waals surface area contributed by atoms with Gasteiger partial charge in [-0.05, 0) is 45.4 Å². The third-order valence-electron chi connectivity index (χ3n) is 5.60. The number of aryl methyl sites for hydroxylation is 2. The van der Waals surface area contributed by atoms with Crippen LogP contribution in [-0.4, -0.2) is 54.3 Å². The van der Waals surface area contributed by atoms with E-state index in [0.717, 1.165) is 11.1 Å². The molecule has 32 heavy (non-hydrogen) atoms. The average Bonchev–Trinajstić information content (AvgIpc) is 3.41. The summed E-state index contributed by atoms with van der Waals surface area (Å²) in [6, 6.07) is 10.1. The van der Waals surface area contributed by atoms with Gasteiger partial charge in [0.25, 0.3) is 0 Å². The van der Waals surface area contributed by atoms with E-state index in [9.17, 15) is 13.7 Å². The van der Waals surface area contributed by atoms with Gasteiger partial charge in [0.2, 0.25) is 15.9 Å². The summed E-state index contributed by atoms with van der Waals surface area (Å²) in [6.07, 6.45) is 0. The Balaban J connectivity index is 1.49. The molecule has 4 rings (SSSR count). The Kier molecular flexibility index (Phi) is 5.52. The van der Waals surface area contributed by atoms with E-state index in [1.54, 1.807) is 13.8 Å². The molecule has 2 aromatic heterocycles. The first-order valence-corrected chi connectivity index (χ1v) is 11.6. The minimum Gasteiger partial charge on any atom is -0.403 e. The number of nitriles is 1. The number of anilines is 1. The molecule has 3 aromatic rings. The molecule has 11 heteroatoms. The first-order chi connectivity index (χ1) is 15.1. The molecular weight excluding hydrogens is 432 g/mol. The summed E-state index contributed by atoms with van der Waals surface area (Å²) in [5.74, 6) is 0.634. The fourth-order valence-corrected chi connectivity index (χ4v) is 5.37. The summed E-state index contributed by atoms with van der Waals surface area (Å²) in [5.41, 5.74) is 1.30. The maximum Gasteiger partial charge on any atom is 0.318 e. The zero-order valence-corrected chi connectivity index (χ0v) is 19.2. The van der Waals surface area contributed by atoms with E-state index >= 15 is 0 Å². The minimum atomic E-state index is -3.69. The van der Waals surface area contributed by atoms with Gasteiger partial charge in [0.1, 0.15) is 10.6 Å². The molecule has 1 saturated heterocycles. The van der Waals surface area contributed by atoms with Crippen molar-refractivity contribution in [2.24, 2.45) is 0 Å². The maximum absolute atomic E-state index is 13.0. The van der Waals surface area contributed by atoms with E-state index in [1.165, 1.54) is 4.31 Å². The fourth-order valence-electron chi connectivity index (χ4n) is 3.66. The molecule has 1 aromatic carbocycles. The highest BCUT2D eigenvalue weighted by atomic mass is 32.2. The van der Waals surface area contributed by atoms with Gasteiger partial charge in [0.15, 0.2) is 5.76 Å². The Hall–Kier alpha value is -3.23. The molecule has 0 radical (unpaired) electrons. The van der Waals surface area contributed by atoms with Gasteiger partial charge in [0.05, 0.1) is 11.5 Å². The van der Waals surface area contributed by atoms with Crippen LogP contribution in [0.3, 0.4) is 0 Å². The van der Waals surface area contributed by atoms with E-state index in [1.807, 2.05) is 43.0 Å². The highest BCUT2D eigenvalue weighted by molar-refractivity contribution is 7.89. The van der Waals surface area contributed by atoms with E-state index in [-0.39, 0.29) is 23.7 Å². The van der Waals surface area contributed by atoms with Gasteiger partial charge in [-0.25, -0.2) is 8.42 Å². The molecule has 0 saturated carbocycles. The van der Waals surface area contributed by atoms with Gasteiger partial charge >= 0.3 is 6.01 Å². The van der Waals surface area contributed by atoms with Gasteiger partial charge in [-0.3, -0.25) is 0 Å². The van der Waals surface area contributed by atoms with E-state index in [4.69, 9.17) is 8.94 Å². The first kappa shape index (κ1) is 22.0. The van der Waals surface area contributed by atoms with Crippen LogP contribution >= 0.6 is 0 Å². The third-order valence-corrected chi connectivity index (χ3v) is 7.74. The quantitative estimate of drug-likeness (QED) is 0.569. The molecule has 0 spiro atoms. The van der Waals surface area contributed by atoms with Crippen molar-refractivity contribution in [3.63, 3.8) is 0 Å². The van der Waals surface area contributed by atoms with Gasteiger partial charge < -0.3 is 13.8 Å². The summed E-state index contributed by atoms with van der Waals surface area (Å²) < 4.78 is 38.3. The van der Waals surface area contributed by atoms with Crippen LogP contribution in [0.15, 0.2) is 38.1 Å². The number of nitrogens with zero attached hydrogens (tertiary/aromatic N) is 6. The molecule has 0 aliphatic carbocycles. The SMILES string of the molecule is Cc1noc(C)c1S(=O)(=O)N1CCN(c2nnc(-c3cccc(C(C)(C)C#N)c3)o2)CC1. The lowest BCUT2D eigenvalue weighted by Crippen LogP contribution is -2.49. The van der Waals surface area contributed by atoms with Crippen molar-refractivity contribution in [1.29, 1.82) is 5.26 Å². The highest BCUT2D eigenvalue weighted by Crippen LogP contribution is 2.29. The summed E-state index contributed by atoms with van der Waals surface area (Å²) >= 11 is 0. The van der Waals surface area contributed by atoms with E-state index < -0.39 is 15.4 Å². The predicted molar refractivity (Wildman–Crippen MR) is 115 cm³/mol. The van der Waals surface area contributed by atoms with E-state index in [2.05, 4.69) is 21.4 Å². The lowest BCUT2D eigenvalue weighted by molar-refractivity contribution is 0.369. The number of aromatic nitrogens is 3. The van der Waals surface area contributed by atoms with Crippen LogP contribution in [0.2, 0.25) is 0 Å². The number of benzene rings is 1. The zero-order valence-electron chi connectivity index (χ0n) is 18.4. The number of sulfonamides is 1. The lowest BCUT2D eigenvalue weighted by atomic mass is 9.85. The van der Waals surface area contributed by atoms with Crippen LogP contribution in [0.5, 0.6) is 0 Å². The summed E-state index contributed by atoms with van der Waals surface area (Å²) in [5, 5.41) is 21.4. The minimum absolute atomic E-state index is 0.131. The van der Waals surface area contributed by atoms with Crippen molar-refractivity contribution < 1.29 is 17.4 Å². The van der Waals surface area contributed by atoms with Crippen molar-refractivity contribution in [2.45, 2.75) is 38.0 Å². The maximum atomic E-state index is 13.0. The van der Waals surface area contributed by atoms with E-state index in [0.29, 0.717) is 30.7 Å². The van der Waals surface area contributed by atoms with Crippen LogP contribution in [0, 0.1) is 25.2 Å². The van der Waals surface area contributed by atoms with Gasteiger partial charge in [-0.15, -0.1) is 5.10 Å². The molecule has 0 N–H and O–H groups in total. The van der Waals surface area contributed by atoms with Crippen LogP contribution in [0.4, 0.5) is 6.01 Å². The summed E-state index contributed by atoms with van der Waals surface area (Å²) in [7, 11) is -3.69. The predicted octanol–water partition coefficient (Wildman–Crippen LogP) is 2.65. The second kappa shape index (κ2) is 8.03. The standard InChI is InChI=1S/C21H24N6O4S/c1-14-18(15(2)31-25-14)32(28,29)27-10-8-26(9-11-27)20-24-23-19(30-20)16-6-5-7-17(12-16)21(3,4)13-22/h5-7,12H,8-11H2,1-4H3. The molecule has 1 aliphatic rings. The topological polar surface area (TPSA) is 129 Å². The Morgan fingerprint density at radius 3 is 2.47 bits per heavy atom.